The number of nitrogens with one attached hydrogen (secondary N) is 1. The lowest BCUT2D eigenvalue weighted by Crippen LogP contribution is -2.45. The second-order valence-electron chi connectivity index (χ2n) is 7.61. The molecule has 2 N–H and O–H groups in total. The number of rotatable bonds is 4. The molecule has 0 aromatic carbocycles. The number of hydrogen-bond donors (Lipinski definition) is 2. The third-order valence-corrected chi connectivity index (χ3v) is 4.74. The molecule has 2 aliphatic heterocycles. The van der Waals surface area contributed by atoms with Gasteiger partial charge < -0.3 is 20.1 Å². The Balaban J connectivity index is 0.000000345. The van der Waals surface area contributed by atoms with E-state index in [2.05, 4.69) is 34.0 Å². The fourth-order valence-corrected chi connectivity index (χ4v) is 3.50. The maximum absolute atomic E-state index is 10.6. The van der Waals surface area contributed by atoms with Gasteiger partial charge in [-0.25, -0.2) is 14.8 Å². The Morgan fingerprint density at radius 1 is 1.36 bits per heavy atom. The highest BCUT2D eigenvalue weighted by atomic mass is 19.4. The molecule has 1 atom stereocenters. The van der Waals surface area contributed by atoms with Gasteiger partial charge in [0.05, 0.1) is 18.2 Å². The van der Waals surface area contributed by atoms with Crippen molar-refractivity contribution in [2.45, 2.75) is 50.9 Å². The molecule has 2 fully saturated rings. The first-order valence-electron chi connectivity index (χ1n) is 9.30. The minimum Gasteiger partial charge on any atom is -0.475 e. The van der Waals surface area contributed by atoms with Gasteiger partial charge in [0.15, 0.2) is 0 Å². The van der Waals surface area contributed by atoms with E-state index in [1.807, 2.05) is 6.07 Å². The summed E-state index contributed by atoms with van der Waals surface area (Å²) in [6.45, 7) is 8.87. The van der Waals surface area contributed by atoms with Gasteiger partial charge in [-0.05, 0) is 31.2 Å². The number of nitrogens with zero attached hydrogens (tertiary/aromatic N) is 3. The number of hydrogen-bond acceptors (Lipinski definition) is 6. The summed E-state index contributed by atoms with van der Waals surface area (Å²) in [6.07, 6.45) is 1.82. The number of carbonyl (C=O) groups is 1. The Morgan fingerprint density at radius 3 is 2.43 bits per heavy atom. The smallest absolute Gasteiger partial charge is 0.475 e. The van der Waals surface area contributed by atoms with E-state index in [-0.39, 0.29) is 5.60 Å². The zero-order chi connectivity index (χ0) is 20.8. The van der Waals surface area contributed by atoms with Crippen LogP contribution in [0.5, 0.6) is 0 Å². The molecule has 1 spiro atoms. The van der Waals surface area contributed by atoms with Gasteiger partial charge in [-0.3, -0.25) is 0 Å². The van der Waals surface area contributed by atoms with Gasteiger partial charge in [-0.2, -0.15) is 13.2 Å². The van der Waals surface area contributed by atoms with Crippen LogP contribution in [-0.2, 0) is 9.53 Å². The number of halogens is 3. The lowest BCUT2D eigenvalue weighted by atomic mass is 9.87. The first-order valence-corrected chi connectivity index (χ1v) is 9.30. The molecule has 1 aromatic heterocycles. The molecule has 1 aromatic rings. The van der Waals surface area contributed by atoms with E-state index >= 15 is 0 Å². The van der Waals surface area contributed by atoms with Gasteiger partial charge in [0.1, 0.15) is 0 Å². The highest BCUT2D eigenvalue weighted by Gasteiger charge is 2.42. The van der Waals surface area contributed by atoms with Crippen LogP contribution in [0.1, 0.15) is 33.1 Å². The molecule has 158 valence electrons. The van der Waals surface area contributed by atoms with Crippen LogP contribution in [0.3, 0.4) is 0 Å². The number of alkyl halides is 3. The Bertz CT molecular complexity index is 620. The minimum absolute atomic E-state index is 0.0833. The summed E-state index contributed by atoms with van der Waals surface area (Å²) in [4.78, 5) is 19.9. The number of carboxylic acids is 1. The van der Waals surface area contributed by atoms with Gasteiger partial charge in [-0.1, -0.05) is 13.8 Å². The molecule has 7 nitrogen and oxygen atoms in total. The summed E-state index contributed by atoms with van der Waals surface area (Å²) in [7, 11) is 0. The number of anilines is 1. The number of ether oxygens (including phenoxy) is 1. The molecule has 1 unspecified atom stereocenters. The maximum atomic E-state index is 10.6. The van der Waals surface area contributed by atoms with Crippen molar-refractivity contribution >= 4 is 11.9 Å². The van der Waals surface area contributed by atoms with Gasteiger partial charge in [0.25, 0.3) is 0 Å². The second kappa shape index (κ2) is 9.51. The maximum Gasteiger partial charge on any atom is 0.490 e. The van der Waals surface area contributed by atoms with Crippen LogP contribution < -0.4 is 5.32 Å². The molecule has 0 aliphatic carbocycles. The largest absolute Gasteiger partial charge is 0.490 e. The fraction of sp³-hybridized carbons (Fsp3) is 0.722. The van der Waals surface area contributed by atoms with E-state index in [4.69, 9.17) is 14.6 Å². The normalized spacial score (nSPS) is 22.0. The molecule has 0 radical (unpaired) electrons. The van der Waals surface area contributed by atoms with Crippen molar-refractivity contribution in [1.82, 2.24) is 14.9 Å². The Kier molecular flexibility index (Phi) is 7.59. The molecule has 2 saturated heterocycles. The molecule has 3 heterocycles. The standard InChI is InChI=1S/C16H26N4O.C2HF3O2/c1-13(2)11-20-8-4-16(5-9-20)10-14(12-21-16)19-15-17-6-3-7-18-15;3-2(4,5)1(6)7/h3,6-7,13-14H,4-5,8-12H2,1-2H3,(H,17,18,19);(H,6,7). The third kappa shape index (κ3) is 6.90. The van der Waals surface area contributed by atoms with Gasteiger partial charge in [-0.15, -0.1) is 0 Å². The van der Waals surface area contributed by atoms with Gasteiger partial charge in [0, 0.05) is 32.0 Å². The first-order chi connectivity index (χ1) is 13.1. The lowest BCUT2D eigenvalue weighted by Gasteiger charge is -2.39. The Labute approximate surface area is 162 Å². The predicted octanol–water partition coefficient (Wildman–Crippen LogP) is 2.80. The topological polar surface area (TPSA) is 87.6 Å². The van der Waals surface area contributed by atoms with Crippen LogP contribution >= 0.6 is 0 Å². The van der Waals surface area contributed by atoms with Crippen molar-refractivity contribution in [2.75, 3.05) is 31.6 Å². The van der Waals surface area contributed by atoms with Gasteiger partial charge in [0.2, 0.25) is 5.95 Å². The monoisotopic (exact) mass is 404 g/mol. The van der Waals surface area contributed by atoms with E-state index in [1.165, 1.54) is 6.54 Å². The zero-order valence-electron chi connectivity index (χ0n) is 16.1. The van der Waals surface area contributed by atoms with E-state index in [0.717, 1.165) is 44.9 Å². The van der Waals surface area contributed by atoms with E-state index in [9.17, 15) is 13.2 Å². The molecule has 10 heteroatoms. The molecule has 0 saturated carbocycles. The van der Waals surface area contributed by atoms with E-state index in [0.29, 0.717) is 12.0 Å². The lowest BCUT2D eigenvalue weighted by molar-refractivity contribution is -0.192. The molecule has 0 bridgehead atoms. The number of aromatic nitrogens is 2. The number of piperidine rings is 1. The van der Waals surface area contributed by atoms with Crippen molar-refractivity contribution in [3.63, 3.8) is 0 Å². The van der Waals surface area contributed by atoms with Crippen molar-refractivity contribution < 1.29 is 27.8 Å². The van der Waals surface area contributed by atoms with Crippen molar-refractivity contribution in [3.8, 4) is 0 Å². The highest BCUT2D eigenvalue weighted by molar-refractivity contribution is 5.73. The van der Waals surface area contributed by atoms with Crippen molar-refractivity contribution in [2.24, 2.45) is 5.92 Å². The molecule has 0 amide bonds. The summed E-state index contributed by atoms with van der Waals surface area (Å²) in [6, 6.07) is 2.17. The van der Waals surface area contributed by atoms with Crippen LogP contribution in [0, 0.1) is 5.92 Å². The molecule has 28 heavy (non-hydrogen) atoms. The van der Waals surface area contributed by atoms with Crippen LogP contribution in [0.2, 0.25) is 0 Å². The summed E-state index contributed by atoms with van der Waals surface area (Å²) < 4.78 is 37.9. The molecule has 3 rings (SSSR count). The summed E-state index contributed by atoms with van der Waals surface area (Å²) >= 11 is 0. The van der Waals surface area contributed by atoms with Crippen LogP contribution in [0.4, 0.5) is 19.1 Å². The highest BCUT2D eigenvalue weighted by Crippen LogP contribution is 2.36. The number of aliphatic carboxylic acids is 1. The summed E-state index contributed by atoms with van der Waals surface area (Å²) in [5.74, 6) is -1.30. The average Bonchev–Trinajstić information content (AvgIpc) is 3.00. The zero-order valence-corrected chi connectivity index (χ0v) is 16.1. The Morgan fingerprint density at radius 2 is 1.93 bits per heavy atom. The first kappa shape index (κ1) is 22.4. The average molecular weight is 404 g/mol. The third-order valence-electron chi connectivity index (χ3n) is 4.74. The molecule has 2 aliphatic rings. The predicted molar refractivity (Wildman–Crippen MR) is 96.9 cm³/mol. The van der Waals surface area contributed by atoms with E-state index in [1.54, 1.807) is 12.4 Å². The van der Waals surface area contributed by atoms with Crippen LogP contribution in [0.15, 0.2) is 18.5 Å². The summed E-state index contributed by atoms with van der Waals surface area (Å²) in [5, 5.41) is 10.5. The fourth-order valence-electron chi connectivity index (χ4n) is 3.50. The van der Waals surface area contributed by atoms with Crippen molar-refractivity contribution in [3.05, 3.63) is 18.5 Å². The molecular weight excluding hydrogens is 377 g/mol. The van der Waals surface area contributed by atoms with Gasteiger partial charge >= 0.3 is 12.1 Å². The number of carboxylic acid groups (broad SMARTS) is 1. The van der Waals surface area contributed by atoms with E-state index < -0.39 is 12.1 Å². The SMILES string of the molecule is CC(C)CN1CCC2(CC1)CC(Nc1ncccn1)CO2.O=C(O)C(F)(F)F. The van der Waals surface area contributed by atoms with Crippen molar-refractivity contribution in [1.29, 1.82) is 0 Å². The van der Waals surface area contributed by atoms with Crippen LogP contribution in [0.25, 0.3) is 0 Å². The summed E-state index contributed by atoms with van der Waals surface area (Å²) in [5.41, 5.74) is 0.0833. The second-order valence-corrected chi connectivity index (χ2v) is 7.61. The molecular formula is C18H27F3N4O3. The quantitative estimate of drug-likeness (QED) is 0.798. The minimum atomic E-state index is -5.08. The number of likely N-dealkylation sites (tertiary alicyclic amines) is 1. The Hall–Kier alpha value is -1.94. The van der Waals surface area contributed by atoms with Crippen LogP contribution in [-0.4, -0.2) is 70.0 Å².